The number of sulfonamides is 1. The minimum atomic E-state index is -4.03. The Labute approximate surface area is 215 Å². The van der Waals surface area contributed by atoms with E-state index in [1.54, 1.807) is 42.5 Å². The summed E-state index contributed by atoms with van der Waals surface area (Å²) in [6, 6.07) is 17.6. The van der Waals surface area contributed by atoms with E-state index in [0.29, 0.717) is 30.1 Å². The molecule has 0 atom stereocenters. The molecule has 37 heavy (non-hydrogen) atoms. The summed E-state index contributed by atoms with van der Waals surface area (Å²) in [5.74, 6) is 0.837. The Morgan fingerprint density at radius 1 is 0.892 bits per heavy atom. The zero-order chi connectivity index (χ0) is 26.1. The lowest BCUT2D eigenvalue weighted by molar-refractivity contribution is 0.287. The minimum absolute atomic E-state index is 0.0231. The predicted octanol–water partition coefficient (Wildman–Crippen LogP) is 4.94. The van der Waals surface area contributed by atoms with E-state index in [9.17, 15) is 8.42 Å². The Balaban J connectivity index is 1.82. The van der Waals surface area contributed by atoms with Gasteiger partial charge in [-0.25, -0.2) is 23.4 Å². The number of para-hydroxylation sites is 2. The van der Waals surface area contributed by atoms with Crippen molar-refractivity contribution in [3.63, 3.8) is 0 Å². The highest BCUT2D eigenvalue weighted by Gasteiger charge is 2.24. The van der Waals surface area contributed by atoms with Crippen LogP contribution in [0.2, 0.25) is 0 Å². The molecule has 0 saturated heterocycles. The standard InChI is InChI=1S/C26H25N5O5S/c1-3-17-35-26-22(36-21-13-8-7-12-20(21)34-2)23(29-25(30-26)24-27-15-9-16-28-24)31-37(32,33)18-14-19-10-5-4-6-11-19/h4-16,18H,3,17H2,1-2H3,(H,29,30,31)/b18-14+. The van der Waals surface area contributed by atoms with Gasteiger partial charge in [-0.1, -0.05) is 49.4 Å². The zero-order valence-electron chi connectivity index (χ0n) is 20.2. The third-order valence-corrected chi connectivity index (χ3v) is 5.77. The van der Waals surface area contributed by atoms with Crippen molar-refractivity contribution >= 4 is 21.9 Å². The van der Waals surface area contributed by atoms with Gasteiger partial charge in [0.05, 0.1) is 19.1 Å². The fourth-order valence-electron chi connectivity index (χ4n) is 3.12. The van der Waals surface area contributed by atoms with E-state index in [0.717, 1.165) is 5.41 Å². The number of nitrogens with zero attached hydrogens (tertiary/aromatic N) is 4. The van der Waals surface area contributed by atoms with Crippen molar-refractivity contribution < 1.29 is 22.6 Å². The molecule has 2 aromatic carbocycles. The second-order valence-electron chi connectivity index (χ2n) is 7.56. The molecular weight excluding hydrogens is 494 g/mol. The van der Waals surface area contributed by atoms with E-state index < -0.39 is 10.0 Å². The first-order valence-electron chi connectivity index (χ1n) is 11.4. The molecule has 2 aromatic heterocycles. The maximum atomic E-state index is 13.1. The van der Waals surface area contributed by atoms with Crippen molar-refractivity contribution in [2.75, 3.05) is 18.4 Å². The van der Waals surface area contributed by atoms with Gasteiger partial charge in [-0.05, 0) is 36.3 Å². The zero-order valence-corrected chi connectivity index (χ0v) is 21.1. The molecule has 0 unspecified atom stereocenters. The average Bonchev–Trinajstić information content (AvgIpc) is 2.93. The quantitative estimate of drug-likeness (QED) is 0.293. The highest BCUT2D eigenvalue weighted by atomic mass is 32.2. The van der Waals surface area contributed by atoms with Gasteiger partial charge in [-0.2, -0.15) is 4.98 Å². The van der Waals surface area contributed by atoms with Gasteiger partial charge < -0.3 is 14.2 Å². The summed E-state index contributed by atoms with van der Waals surface area (Å²) in [5, 5.41) is 1.04. The predicted molar refractivity (Wildman–Crippen MR) is 140 cm³/mol. The number of nitrogens with one attached hydrogen (secondary N) is 1. The first kappa shape index (κ1) is 25.6. The van der Waals surface area contributed by atoms with Crippen LogP contribution in [-0.2, 0) is 10.0 Å². The maximum Gasteiger partial charge on any atom is 0.263 e. The normalized spacial score (nSPS) is 11.3. The highest BCUT2D eigenvalue weighted by Crippen LogP contribution is 2.41. The molecule has 2 heterocycles. The van der Waals surface area contributed by atoms with Crippen LogP contribution >= 0.6 is 0 Å². The monoisotopic (exact) mass is 519 g/mol. The Hall–Kier alpha value is -4.51. The van der Waals surface area contributed by atoms with Crippen molar-refractivity contribution in [1.82, 2.24) is 19.9 Å². The van der Waals surface area contributed by atoms with Crippen LogP contribution in [0.25, 0.3) is 17.7 Å². The van der Waals surface area contributed by atoms with E-state index in [-0.39, 0.29) is 29.1 Å². The molecule has 0 aliphatic heterocycles. The molecular formula is C26H25N5O5S. The summed E-state index contributed by atoms with van der Waals surface area (Å²) in [6.07, 6.45) is 5.21. The lowest BCUT2D eigenvalue weighted by Gasteiger charge is -2.17. The first-order chi connectivity index (χ1) is 18.0. The van der Waals surface area contributed by atoms with E-state index in [1.807, 2.05) is 25.1 Å². The summed E-state index contributed by atoms with van der Waals surface area (Å²) in [4.78, 5) is 17.2. The number of ether oxygens (including phenoxy) is 3. The second kappa shape index (κ2) is 12.0. The van der Waals surface area contributed by atoms with E-state index >= 15 is 0 Å². The molecule has 0 bridgehead atoms. The molecule has 0 aliphatic rings. The highest BCUT2D eigenvalue weighted by molar-refractivity contribution is 7.95. The van der Waals surface area contributed by atoms with Gasteiger partial charge >= 0.3 is 0 Å². The number of anilines is 1. The number of aromatic nitrogens is 4. The van der Waals surface area contributed by atoms with Crippen molar-refractivity contribution in [3.05, 3.63) is 84.0 Å². The Morgan fingerprint density at radius 2 is 1.59 bits per heavy atom. The Morgan fingerprint density at radius 3 is 2.30 bits per heavy atom. The molecule has 11 heteroatoms. The van der Waals surface area contributed by atoms with Crippen molar-refractivity contribution in [2.45, 2.75) is 13.3 Å². The van der Waals surface area contributed by atoms with Crippen LogP contribution in [0.1, 0.15) is 18.9 Å². The van der Waals surface area contributed by atoms with Crippen LogP contribution in [0.15, 0.2) is 78.5 Å². The van der Waals surface area contributed by atoms with Crippen LogP contribution in [0.4, 0.5) is 5.82 Å². The Kier molecular flexibility index (Phi) is 8.26. The average molecular weight is 520 g/mol. The summed E-state index contributed by atoms with van der Waals surface area (Å²) >= 11 is 0. The van der Waals surface area contributed by atoms with Crippen molar-refractivity contribution in [2.24, 2.45) is 0 Å². The second-order valence-corrected chi connectivity index (χ2v) is 9.13. The molecule has 4 rings (SSSR count). The molecule has 0 spiro atoms. The van der Waals surface area contributed by atoms with Crippen molar-refractivity contribution in [1.29, 1.82) is 0 Å². The molecule has 10 nitrogen and oxygen atoms in total. The van der Waals surface area contributed by atoms with E-state index in [4.69, 9.17) is 14.2 Å². The molecule has 190 valence electrons. The SMILES string of the molecule is CCCOc1nc(-c2ncccn2)nc(NS(=O)(=O)/C=C/c2ccccc2)c1Oc1ccccc1OC. The summed E-state index contributed by atoms with van der Waals surface area (Å²) in [5.41, 5.74) is 0.714. The van der Waals surface area contributed by atoms with Gasteiger partial charge in [0, 0.05) is 12.4 Å². The summed E-state index contributed by atoms with van der Waals surface area (Å²) in [6.45, 7) is 2.23. The molecule has 0 radical (unpaired) electrons. The van der Waals surface area contributed by atoms with Crippen LogP contribution in [-0.4, -0.2) is 42.1 Å². The van der Waals surface area contributed by atoms with Gasteiger partial charge in [0.1, 0.15) is 0 Å². The van der Waals surface area contributed by atoms with E-state index in [1.165, 1.54) is 25.6 Å². The number of hydrogen-bond donors (Lipinski definition) is 1. The minimum Gasteiger partial charge on any atom is -0.493 e. The number of benzene rings is 2. The lowest BCUT2D eigenvalue weighted by Crippen LogP contribution is -2.14. The van der Waals surface area contributed by atoms with Crippen LogP contribution in [0.3, 0.4) is 0 Å². The van der Waals surface area contributed by atoms with Gasteiger partial charge in [0.2, 0.25) is 11.6 Å². The van der Waals surface area contributed by atoms with Gasteiger partial charge in [0.25, 0.3) is 15.9 Å². The van der Waals surface area contributed by atoms with Crippen LogP contribution in [0.5, 0.6) is 23.1 Å². The molecule has 0 amide bonds. The summed E-state index contributed by atoms with van der Waals surface area (Å²) in [7, 11) is -2.53. The fraction of sp³-hybridized carbons (Fsp3) is 0.154. The van der Waals surface area contributed by atoms with Crippen molar-refractivity contribution in [3.8, 4) is 34.8 Å². The van der Waals surface area contributed by atoms with Gasteiger partial charge in [-0.15, -0.1) is 0 Å². The Bertz CT molecular complexity index is 1470. The van der Waals surface area contributed by atoms with E-state index in [2.05, 4.69) is 24.7 Å². The third-order valence-electron chi connectivity index (χ3n) is 4.80. The fourth-order valence-corrected chi connectivity index (χ4v) is 3.93. The molecule has 0 aliphatic carbocycles. The van der Waals surface area contributed by atoms with Crippen LogP contribution < -0.4 is 18.9 Å². The van der Waals surface area contributed by atoms with Gasteiger partial charge in [-0.3, -0.25) is 4.72 Å². The van der Waals surface area contributed by atoms with Gasteiger partial charge in [0.15, 0.2) is 23.1 Å². The number of hydrogen-bond acceptors (Lipinski definition) is 9. The number of methoxy groups -OCH3 is 1. The smallest absolute Gasteiger partial charge is 0.263 e. The maximum absolute atomic E-state index is 13.1. The molecule has 4 aromatic rings. The van der Waals surface area contributed by atoms with Crippen LogP contribution in [0, 0.1) is 0 Å². The number of rotatable bonds is 11. The first-order valence-corrected chi connectivity index (χ1v) is 12.9. The topological polar surface area (TPSA) is 125 Å². The lowest BCUT2D eigenvalue weighted by atomic mass is 10.2. The molecule has 0 fully saturated rings. The largest absolute Gasteiger partial charge is 0.493 e. The molecule has 1 N–H and O–H groups in total. The molecule has 0 saturated carbocycles. The third kappa shape index (κ3) is 6.79. The summed E-state index contributed by atoms with van der Waals surface area (Å²) < 4.78 is 45.9.